The highest BCUT2D eigenvalue weighted by Gasteiger charge is 2.17. The van der Waals surface area contributed by atoms with Crippen LogP contribution in [-0.2, 0) is 4.84 Å². The van der Waals surface area contributed by atoms with Crippen molar-refractivity contribution in [2.75, 3.05) is 18.5 Å². The van der Waals surface area contributed by atoms with E-state index in [0.29, 0.717) is 18.8 Å². The quantitative estimate of drug-likeness (QED) is 0.792. The van der Waals surface area contributed by atoms with E-state index in [2.05, 4.69) is 10.3 Å². The lowest BCUT2D eigenvalue weighted by atomic mass is 10.3. The number of hydrogen-bond acceptors (Lipinski definition) is 3. The number of pyridine rings is 1. The number of carbonyl (C=O) groups is 1. The predicted octanol–water partition coefficient (Wildman–Crippen LogP) is 1.78. The third-order valence-corrected chi connectivity index (χ3v) is 2.19. The summed E-state index contributed by atoms with van der Waals surface area (Å²) in [6.07, 6.45) is 4.32. The van der Waals surface area contributed by atoms with Crippen LogP contribution in [0.25, 0.3) is 0 Å². The van der Waals surface area contributed by atoms with E-state index in [1.54, 1.807) is 0 Å². The number of hydrogen-bond donors (Lipinski definition) is 1. The number of nitrogens with zero attached hydrogens (tertiary/aromatic N) is 2. The Bertz CT molecular complexity index is 380. The lowest BCUT2D eigenvalue weighted by molar-refractivity contribution is -0.135. The molecule has 5 nitrogen and oxygen atoms in total. The molecule has 1 fully saturated rings. The van der Waals surface area contributed by atoms with Crippen LogP contribution >= 0.6 is 0 Å². The molecule has 0 spiro atoms. The second kappa shape index (κ2) is 4.89. The van der Waals surface area contributed by atoms with E-state index in [1.807, 2.05) is 0 Å². The number of halogens is 1. The van der Waals surface area contributed by atoms with Gasteiger partial charge in [-0.1, -0.05) is 0 Å². The van der Waals surface area contributed by atoms with E-state index in [1.165, 1.54) is 17.3 Å². The number of urea groups is 1. The fraction of sp³-hybridized carbons (Fsp3) is 0.400. The lowest BCUT2D eigenvalue weighted by Gasteiger charge is -2.25. The third kappa shape index (κ3) is 2.66. The van der Waals surface area contributed by atoms with Crippen LogP contribution < -0.4 is 5.32 Å². The molecule has 0 atom stereocenters. The minimum atomic E-state index is -0.489. The first-order valence-electron chi connectivity index (χ1n) is 5.08. The van der Waals surface area contributed by atoms with Gasteiger partial charge in [-0.05, 0) is 12.8 Å². The van der Waals surface area contributed by atoms with Crippen molar-refractivity contribution in [3.05, 3.63) is 24.3 Å². The summed E-state index contributed by atoms with van der Waals surface area (Å²) in [4.78, 5) is 20.4. The van der Waals surface area contributed by atoms with Gasteiger partial charge in [0.1, 0.15) is 5.82 Å². The molecule has 1 N–H and O–H groups in total. The lowest BCUT2D eigenvalue weighted by Crippen LogP contribution is -2.38. The number of nitrogens with one attached hydrogen (secondary N) is 1. The molecule has 1 aliphatic heterocycles. The topological polar surface area (TPSA) is 54.5 Å². The molecule has 6 heteroatoms. The Morgan fingerprint density at radius 1 is 1.50 bits per heavy atom. The summed E-state index contributed by atoms with van der Waals surface area (Å²) in [7, 11) is 0. The summed E-state index contributed by atoms with van der Waals surface area (Å²) in [5, 5.41) is 3.76. The van der Waals surface area contributed by atoms with E-state index in [9.17, 15) is 9.18 Å². The van der Waals surface area contributed by atoms with Gasteiger partial charge in [0.25, 0.3) is 0 Å². The molecular weight excluding hydrogens is 213 g/mol. The minimum Gasteiger partial charge on any atom is -0.304 e. The monoisotopic (exact) mass is 225 g/mol. The van der Waals surface area contributed by atoms with Crippen LogP contribution in [0.5, 0.6) is 0 Å². The molecule has 0 aliphatic carbocycles. The van der Waals surface area contributed by atoms with Crippen LogP contribution in [0.15, 0.2) is 18.5 Å². The van der Waals surface area contributed by atoms with Gasteiger partial charge in [-0.3, -0.25) is 9.82 Å². The SMILES string of the molecule is O=C(Nc1cncc(F)c1)N1CCCCO1. The van der Waals surface area contributed by atoms with Crippen LogP contribution in [0, 0.1) is 5.82 Å². The van der Waals surface area contributed by atoms with Crippen LogP contribution in [0.1, 0.15) is 12.8 Å². The van der Waals surface area contributed by atoms with Gasteiger partial charge in [0.15, 0.2) is 0 Å². The summed E-state index contributed by atoms with van der Waals surface area (Å²) < 4.78 is 12.8. The van der Waals surface area contributed by atoms with Gasteiger partial charge in [-0.2, -0.15) is 0 Å². The molecule has 2 amide bonds. The fourth-order valence-corrected chi connectivity index (χ4v) is 1.42. The highest BCUT2D eigenvalue weighted by molar-refractivity contribution is 5.88. The average molecular weight is 225 g/mol. The number of aromatic nitrogens is 1. The Kier molecular flexibility index (Phi) is 3.31. The van der Waals surface area contributed by atoms with Gasteiger partial charge < -0.3 is 5.32 Å². The molecule has 0 radical (unpaired) electrons. The largest absolute Gasteiger partial charge is 0.345 e. The molecule has 0 bridgehead atoms. The second-order valence-corrected chi connectivity index (χ2v) is 3.46. The molecule has 16 heavy (non-hydrogen) atoms. The highest BCUT2D eigenvalue weighted by Crippen LogP contribution is 2.11. The van der Waals surface area contributed by atoms with Crippen molar-refractivity contribution in [1.82, 2.24) is 10.0 Å². The Morgan fingerprint density at radius 2 is 2.38 bits per heavy atom. The van der Waals surface area contributed by atoms with Crippen molar-refractivity contribution in [3.8, 4) is 0 Å². The Balaban J connectivity index is 1.96. The zero-order valence-electron chi connectivity index (χ0n) is 8.65. The molecule has 0 unspecified atom stereocenters. The van der Waals surface area contributed by atoms with Crippen molar-refractivity contribution in [2.24, 2.45) is 0 Å². The molecule has 1 aliphatic rings. The van der Waals surface area contributed by atoms with E-state index in [-0.39, 0.29) is 0 Å². The zero-order chi connectivity index (χ0) is 11.4. The van der Waals surface area contributed by atoms with Crippen LogP contribution in [0.3, 0.4) is 0 Å². The first kappa shape index (κ1) is 10.8. The van der Waals surface area contributed by atoms with Crippen molar-refractivity contribution in [3.63, 3.8) is 0 Å². The van der Waals surface area contributed by atoms with Crippen LogP contribution in [0.2, 0.25) is 0 Å². The van der Waals surface area contributed by atoms with Crippen molar-refractivity contribution in [2.45, 2.75) is 12.8 Å². The Labute approximate surface area is 92.2 Å². The summed E-state index contributed by atoms with van der Waals surface area (Å²) in [6, 6.07) is 0.807. The maximum atomic E-state index is 12.8. The number of rotatable bonds is 1. The number of hydroxylamine groups is 2. The maximum absolute atomic E-state index is 12.8. The van der Waals surface area contributed by atoms with Gasteiger partial charge >= 0.3 is 6.03 Å². The first-order valence-corrected chi connectivity index (χ1v) is 5.08. The molecule has 86 valence electrons. The van der Waals surface area contributed by atoms with Crippen LogP contribution in [0.4, 0.5) is 14.9 Å². The smallest absolute Gasteiger partial charge is 0.304 e. The minimum absolute atomic E-state index is 0.319. The van der Waals surface area contributed by atoms with E-state index >= 15 is 0 Å². The van der Waals surface area contributed by atoms with E-state index in [4.69, 9.17) is 4.84 Å². The summed E-state index contributed by atoms with van der Waals surface area (Å²) >= 11 is 0. The van der Waals surface area contributed by atoms with Crippen LogP contribution in [-0.4, -0.2) is 29.2 Å². The van der Waals surface area contributed by atoms with Gasteiger partial charge in [0, 0.05) is 6.07 Å². The van der Waals surface area contributed by atoms with E-state index in [0.717, 1.165) is 19.0 Å². The first-order chi connectivity index (χ1) is 7.75. The molecule has 0 saturated carbocycles. The van der Waals surface area contributed by atoms with Gasteiger partial charge in [0.05, 0.1) is 31.2 Å². The molecule has 1 saturated heterocycles. The summed E-state index contributed by atoms with van der Waals surface area (Å²) in [5.41, 5.74) is 0.319. The number of carbonyl (C=O) groups excluding carboxylic acids is 1. The predicted molar refractivity (Wildman–Crippen MR) is 55.1 cm³/mol. The Morgan fingerprint density at radius 3 is 3.06 bits per heavy atom. The van der Waals surface area contributed by atoms with Crippen molar-refractivity contribution in [1.29, 1.82) is 0 Å². The third-order valence-electron chi connectivity index (χ3n) is 2.19. The van der Waals surface area contributed by atoms with Gasteiger partial charge in [-0.25, -0.2) is 14.2 Å². The summed E-state index contributed by atoms with van der Waals surface area (Å²) in [6.45, 7) is 1.09. The van der Waals surface area contributed by atoms with Crippen molar-refractivity contribution >= 4 is 11.7 Å². The molecule has 0 aromatic carbocycles. The van der Waals surface area contributed by atoms with Gasteiger partial charge in [0.2, 0.25) is 0 Å². The van der Waals surface area contributed by atoms with Gasteiger partial charge in [-0.15, -0.1) is 0 Å². The summed E-state index contributed by atoms with van der Waals surface area (Å²) in [5.74, 6) is -0.489. The molecule has 2 rings (SSSR count). The standard InChI is InChI=1S/C10H12FN3O2/c11-8-5-9(7-12-6-8)13-10(15)14-3-1-2-4-16-14/h5-7H,1-4H2,(H,13,15). The molecule has 1 aromatic heterocycles. The Hall–Kier alpha value is -1.69. The highest BCUT2D eigenvalue weighted by atomic mass is 19.1. The number of anilines is 1. The maximum Gasteiger partial charge on any atom is 0.345 e. The van der Waals surface area contributed by atoms with Crippen molar-refractivity contribution < 1.29 is 14.0 Å². The second-order valence-electron chi connectivity index (χ2n) is 3.46. The van der Waals surface area contributed by atoms with E-state index < -0.39 is 11.8 Å². The molecule has 1 aromatic rings. The zero-order valence-corrected chi connectivity index (χ0v) is 8.65. The number of amides is 2. The normalized spacial score (nSPS) is 15.9. The molecular formula is C10H12FN3O2. The molecule has 2 heterocycles. The fourth-order valence-electron chi connectivity index (χ4n) is 1.42. The average Bonchev–Trinajstić information content (AvgIpc) is 2.30.